The van der Waals surface area contributed by atoms with E-state index in [1.807, 2.05) is 40.7 Å². The lowest BCUT2D eigenvalue weighted by atomic mass is 10.2. The molecule has 1 aromatic carbocycles. The molecule has 17 heavy (non-hydrogen) atoms. The maximum atomic E-state index is 10.2. The fourth-order valence-electron chi connectivity index (χ4n) is 1.57. The van der Waals surface area contributed by atoms with Gasteiger partial charge in [-0.05, 0) is 5.56 Å². The SMILES string of the molecule is O=[N+]([O-])NC1=NCN(Cc2ccccc2)CN1. The van der Waals surface area contributed by atoms with E-state index in [0.717, 1.165) is 6.54 Å². The fraction of sp³-hybridized carbons (Fsp3) is 0.300. The zero-order valence-electron chi connectivity index (χ0n) is 9.17. The molecule has 0 radical (unpaired) electrons. The van der Waals surface area contributed by atoms with Crippen LogP contribution in [0.3, 0.4) is 0 Å². The van der Waals surface area contributed by atoms with Crippen molar-refractivity contribution < 1.29 is 5.03 Å². The maximum absolute atomic E-state index is 10.2. The summed E-state index contributed by atoms with van der Waals surface area (Å²) in [5.41, 5.74) is 3.19. The molecular weight excluding hydrogens is 222 g/mol. The summed E-state index contributed by atoms with van der Waals surface area (Å²) >= 11 is 0. The van der Waals surface area contributed by atoms with Crippen LogP contribution in [0, 0.1) is 10.1 Å². The zero-order chi connectivity index (χ0) is 12.1. The molecule has 0 bridgehead atoms. The highest BCUT2D eigenvalue weighted by atomic mass is 16.7. The summed E-state index contributed by atoms with van der Waals surface area (Å²) < 4.78 is 0. The first-order chi connectivity index (χ1) is 8.24. The van der Waals surface area contributed by atoms with Gasteiger partial charge < -0.3 is 5.32 Å². The quantitative estimate of drug-likeness (QED) is 0.575. The first-order valence-corrected chi connectivity index (χ1v) is 5.20. The lowest BCUT2D eigenvalue weighted by Crippen LogP contribution is -2.49. The molecule has 1 heterocycles. The zero-order valence-corrected chi connectivity index (χ0v) is 9.17. The molecule has 0 aliphatic carbocycles. The molecule has 1 aliphatic rings. The minimum Gasteiger partial charge on any atom is -0.339 e. The van der Waals surface area contributed by atoms with Gasteiger partial charge in [0.15, 0.2) is 5.03 Å². The summed E-state index contributed by atoms with van der Waals surface area (Å²) in [7, 11) is 0. The Morgan fingerprint density at radius 1 is 1.47 bits per heavy atom. The number of aliphatic imine (C=N–C) groups is 1. The van der Waals surface area contributed by atoms with Gasteiger partial charge in [-0.2, -0.15) is 0 Å². The monoisotopic (exact) mass is 235 g/mol. The first kappa shape index (κ1) is 11.3. The molecule has 0 aromatic heterocycles. The molecule has 1 aliphatic heterocycles. The third kappa shape index (κ3) is 3.42. The van der Waals surface area contributed by atoms with Gasteiger partial charge >= 0.3 is 0 Å². The molecule has 0 spiro atoms. The number of guanidine groups is 1. The van der Waals surface area contributed by atoms with Gasteiger partial charge in [-0.1, -0.05) is 35.8 Å². The Morgan fingerprint density at radius 3 is 2.82 bits per heavy atom. The van der Waals surface area contributed by atoms with Crippen molar-refractivity contribution in [2.24, 2.45) is 4.99 Å². The Bertz CT molecular complexity index is 420. The predicted octanol–water partition coefficient (Wildman–Crippen LogP) is 0.144. The molecule has 90 valence electrons. The highest BCUT2D eigenvalue weighted by Gasteiger charge is 2.14. The van der Waals surface area contributed by atoms with Gasteiger partial charge in [0.25, 0.3) is 5.96 Å². The number of hydrogen-bond donors (Lipinski definition) is 2. The summed E-state index contributed by atoms with van der Waals surface area (Å²) in [5, 5.41) is 12.4. The minimum absolute atomic E-state index is 0.208. The minimum atomic E-state index is -0.626. The first-order valence-electron chi connectivity index (χ1n) is 5.20. The number of nitro groups is 1. The van der Waals surface area contributed by atoms with Crippen LogP contribution in [-0.4, -0.2) is 29.2 Å². The van der Waals surface area contributed by atoms with Crippen molar-refractivity contribution in [3.8, 4) is 0 Å². The second-order valence-electron chi connectivity index (χ2n) is 3.67. The van der Waals surface area contributed by atoms with Gasteiger partial charge in [-0.15, -0.1) is 0 Å². The summed E-state index contributed by atoms with van der Waals surface area (Å²) in [4.78, 5) is 16.3. The van der Waals surface area contributed by atoms with Gasteiger partial charge in [-0.25, -0.2) is 15.1 Å². The Kier molecular flexibility index (Phi) is 3.51. The van der Waals surface area contributed by atoms with Crippen molar-refractivity contribution >= 4 is 5.96 Å². The van der Waals surface area contributed by atoms with E-state index in [-0.39, 0.29) is 5.96 Å². The van der Waals surface area contributed by atoms with Crippen molar-refractivity contribution in [1.82, 2.24) is 15.6 Å². The second-order valence-corrected chi connectivity index (χ2v) is 3.67. The highest BCUT2D eigenvalue weighted by molar-refractivity contribution is 5.78. The number of hydrazine groups is 1. The smallest absolute Gasteiger partial charge is 0.256 e. The Morgan fingerprint density at radius 2 is 2.24 bits per heavy atom. The number of nitrogens with one attached hydrogen (secondary N) is 2. The summed E-state index contributed by atoms with van der Waals surface area (Å²) in [6.07, 6.45) is 0. The molecule has 2 N–H and O–H groups in total. The van der Waals surface area contributed by atoms with E-state index in [0.29, 0.717) is 13.3 Å². The van der Waals surface area contributed by atoms with E-state index in [1.165, 1.54) is 5.56 Å². The van der Waals surface area contributed by atoms with Crippen LogP contribution in [0.5, 0.6) is 0 Å². The molecule has 0 saturated heterocycles. The Hall–Kier alpha value is -2.15. The largest absolute Gasteiger partial charge is 0.339 e. The molecular formula is C10H13N5O2. The van der Waals surface area contributed by atoms with E-state index in [4.69, 9.17) is 0 Å². The molecule has 7 nitrogen and oxygen atoms in total. The van der Waals surface area contributed by atoms with E-state index in [1.54, 1.807) is 0 Å². The molecule has 0 unspecified atom stereocenters. The number of benzene rings is 1. The molecule has 0 amide bonds. The average molecular weight is 235 g/mol. The lowest BCUT2D eigenvalue weighted by Gasteiger charge is -2.25. The topological polar surface area (TPSA) is 82.8 Å². The van der Waals surface area contributed by atoms with Crippen molar-refractivity contribution in [3.63, 3.8) is 0 Å². The third-order valence-corrected chi connectivity index (χ3v) is 2.35. The molecule has 0 atom stereocenters. The number of hydrogen-bond acceptors (Lipinski definition) is 5. The number of nitrogens with zero attached hydrogens (tertiary/aromatic N) is 3. The molecule has 2 rings (SSSR count). The maximum Gasteiger partial charge on any atom is 0.256 e. The molecule has 7 heteroatoms. The van der Waals surface area contributed by atoms with Crippen LogP contribution in [0.1, 0.15) is 5.56 Å². The fourth-order valence-corrected chi connectivity index (χ4v) is 1.57. The van der Waals surface area contributed by atoms with Crippen LogP contribution in [0.4, 0.5) is 0 Å². The van der Waals surface area contributed by atoms with Crippen molar-refractivity contribution in [2.45, 2.75) is 6.54 Å². The van der Waals surface area contributed by atoms with Gasteiger partial charge in [0, 0.05) is 6.54 Å². The summed E-state index contributed by atoms with van der Waals surface area (Å²) in [6.45, 7) is 1.75. The third-order valence-electron chi connectivity index (χ3n) is 2.35. The van der Waals surface area contributed by atoms with E-state index in [2.05, 4.69) is 10.3 Å². The van der Waals surface area contributed by atoms with Crippen LogP contribution in [0.2, 0.25) is 0 Å². The predicted molar refractivity (Wildman–Crippen MR) is 62.4 cm³/mol. The highest BCUT2D eigenvalue weighted by Crippen LogP contribution is 2.04. The molecule has 1 aromatic rings. The summed E-state index contributed by atoms with van der Waals surface area (Å²) in [6, 6.07) is 10.0. The molecule has 0 fully saturated rings. The normalized spacial score (nSPS) is 15.9. The van der Waals surface area contributed by atoms with Crippen LogP contribution in [-0.2, 0) is 6.54 Å². The van der Waals surface area contributed by atoms with Crippen LogP contribution < -0.4 is 10.7 Å². The van der Waals surface area contributed by atoms with Gasteiger partial charge in [0.2, 0.25) is 0 Å². The standard InChI is InChI=1S/C10H13N5O2/c16-15(17)13-10-11-7-14(8-12-10)6-9-4-2-1-3-5-9/h1-5H,6-8H2,(H2,11,12,13). The lowest BCUT2D eigenvalue weighted by molar-refractivity contribution is -0.525. The average Bonchev–Trinajstić information content (AvgIpc) is 2.32. The number of rotatable bonds is 3. The van der Waals surface area contributed by atoms with Gasteiger partial charge in [-0.3, -0.25) is 4.90 Å². The Balaban J connectivity index is 1.87. The van der Waals surface area contributed by atoms with Gasteiger partial charge in [0.05, 0.1) is 13.3 Å². The van der Waals surface area contributed by atoms with E-state index < -0.39 is 5.03 Å². The van der Waals surface area contributed by atoms with Crippen molar-refractivity contribution in [1.29, 1.82) is 0 Å². The van der Waals surface area contributed by atoms with Gasteiger partial charge in [0.1, 0.15) is 0 Å². The molecule has 0 saturated carbocycles. The summed E-state index contributed by atoms with van der Waals surface area (Å²) in [5.74, 6) is 0.208. The van der Waals surface area contributed by atoms with Crippen molar-refractivity contribution in [3.05, 3.63) is 46.0 Å². The van der Waals surface area contributed by atoms with Crippen LogP contribution in [0.15, 0.2) is 35.3 Å². The van der Waals surface area contributed by atoms with E-state index in [9.17, 15) is 10.1 Å². The Labute approximate surface area is 98.3 Å². The van der Waals surface area contributed by atoms with Crippen LogP contribution in [0.25, 0.3) is 0 Å². The van der Waals surface area contributed by atoms with E-state index >= 15 is 0 Å². The second kappa shape index (κ2) is 5.26. The van der Waals surface area contributed by atoms with Crippen molar-refractivity contribution in [2.75, 3.05) is 13.3 Å². The van der Waals surface area contributed by atoms with Crippen LogP contribution >= 0.6 is 0 Å².